The van der Waals surface area contributed by atoms with E-state index in [1.807, 2.05) is 124 Å². The molecule has 4 heterocycles. The summed E-state index contributed by atoms with van der Waals surface area (Å²) in [4.78, 5) is 74.0. The van der Waals surface area contributed by atoms with E-state index in [-0.39, 0.29) is 17.7 Å². The van der Waals surface area contributed by atoms with Gasteiger partial charge in [0.05, 0.1) is 34.9 Å². The molecular formula is C64H55BrClN15O4. The third-order valence-electron chi connectivity index (χ3n) is 12.7. The number of aryl methyl sites for hydroxylation is 2. The smallest absolute Gasteiger partial charge is 0.255 e. The molecule has 0 atom stereocenters. The van der Waals surface area contributed by atoms with Gasteiger partial charge in [-0.15, -0.1) is 0 Å². The monoisotopic (exact) mass is 1210 g/mol. The summed E-state index contributed by atoms with van der Waals surface area (Å²) >= 11 is 7.99. The number of allylic oxidation sites excluding steroid dienone is 2. The van der Waals surface area contributed by atoms with Gasteiger partial charge in [0.25, 0.3) is 11.8 Å². The molecule has 85 heavy (non-hydrogen) atoms. The maximum Gasteiger partial charge on any atom is 0.255 e. The molecule has 21 heteroatoms. The van der Waals surface area contributed by atoms with Crippen LogP contribution >= 0.6 is 27.5 Å². The molecule has 3 amide bonds. The minimum Gasteiger partial charge on any atom is -0.399 e. The van der Waals surface area contributed by atoms with Crippen LogP contribution in [0.15, 0.2) is 183 Å². The van der Waals surface area contributed by atoms with E-state index in [4.69, 9.17) is 17.3 Å². The number of nitriles is 2. The molecule has 6 aromatic carbocycles. The van der Waals surface area contributed by atoms with Crippen LogP contribution in [0.3, 0.4) is 0 Å². The summed E-state index contributed by atoms with van der Waals surface area (Å²) in [6.45, 7) is 4.47. The van der Waals surface area contributed by atoms with Gasteiger partial charge in [0.2, 0.25) is 23.0 Å². The Morgan fingerprint density at radius 1 is 0.624 bits per heavy atom. The quantitative estimate of drug-likeness (QED) is 0.0193. The molecule has 0 bridgehead atoms. The van der Waals surface area contributed by atoms with Gasteiger partial charge < -0.3 is 47.2 Å². The van der Waals surface area contributed by atoms with Gasteiger partial charge in [-0.3, -0.25) is 19.2 Å². The largest absolute Gasteiger partial charge is 0.399 e. The zero-order valence-electron chi connectivity index (χ0n) is 46.3. The number of alkyl halides is 1. The van der Waals surface area contributed by atoms with E-state index < -0.39 is 5.24 Å². The number of nitrogens with one attached hydrogen (secondary N) is 7. The van der Waals surface area contributed by atoms with Crippen molar-refractivity contribution in [2.75, 3.05) is 58.3 Å². The number of fused-ring (bicyclic) bond motifs is 2. The zero-order chi connectivity index (χ0) is 60.4. The summed E-state index contributed by atoms with van der Waals surface area (Å²) < 4.78 is 0. The maximum absolute atomic E-state index is 13.0. The maximum atomic E-state index is 13.0. The average Bonchev–Trinajstić information content (AvgIpc) is 3.13. The molecule has 0 unspecified atom stereocenters. The van der Waals surface area contributed by atoms with Crippen molar-refractivity contribution in [3.8, 4) is 34.7 Å². The Labute approximate surface area is 502 Å². The van der Waals surface area contributed by atoms with Crippen LogP contribution < -0.4 is 32.3 Å². The second-order valence-electron chi connectivity index (χ2n) is 19.1. The number of halogens is 2. The van der Waals surface area contributed by atoms with Gasteiger partial charge in [-0.25, -0.2) is 19.9 Å². The van der Waals surface area contributed by atoms with E-state index in [1.165, 1.54) is 24.5 Å². The molecule has 10 rings (SSSR count). The number of likely N-dealkylation sites (N-methyl/N-ethyl adjacent to an activating group) is 1. The molecule has 0 fully saturated rings. The highest BCUT2D eigenvalue weighted by Crippen LogP contribution is 2.33. The van der Waals surface area contributed by atoms with E-state index >= 15 is 0 Å². The SMILES string of the molecule is Cc1ccc(Nc2ncc(C#N)c(-c3c[nH]c4ccccc34)n2)cc1NC(=O)c1ccc(N)cc1.Cc1ccc(Nc2ncc(C#N)c(-c3c[nH]c4ccccc34)n2)cc1NC(=O)c1ccc(NC(=O)/C=C/CN(C)C)cc1.O=C(Cl)/C=C/CBr. The molecule has 0 aliphatic rings. The van der Waals surface area contributed by atoms with Crippen LogP contribution in [-0.4, -0.2) is 83.7 Å². The Balaban J connectivity index is 0.000000202. The lowest BCUT2D eigenvalue weighted by Crippen LogP contribution is -2.14. The van der Waals surface area contributed by atoms with Crippen molar-refractivity contribution in [3.05, 3.63) is 216 Å². The number of aromatic amines is 2. The fourth-order valence-corrected chi connectivity index (χ4v) is 8.62. The lowest BCUT2D eigenvalue weighted by molar-refractivity contribution is -0.112. The van der Waals surface area contributed by atoms with E-state index in [2.05, 4.69) is 84.6 Å². The minimum atomic E-state index is -0.431. The number of benzene rings is 6. The number of para-hydroxylation sites is 2. The lowest BCUT2D eigenvalue weighted by Gasteiger charge is -2.13. The molecule has 0 aliphatic heterocycles. The van der Waals surface area contributed by atoms with Gasteiger partial charge in [0, 0.05) is 109 Å². The van der Waals surface area contributed by atoms with Crippen molar-refractivity contribution in [2.24, 2.45) is 0 Å². The first-order valence-corrected chi connectivity index (χ1v) is 27.6. The molecule has 10 aromatic rings. The van der Waals surface area contributed by atoms with Crippen molar-refractivity contribution in [1.82, 2.24) is 34.8 Å². The Morgan fingerprint density at radius 2 is 1.08 bits per heavy atom. The standard InChI is InChI=1S/C33H30N8O2.C27H21N7O.C4H4BrClO/c1-21-10-13-25(38-33-36-19-23(18-34)31(40-33)27-20-35-28-8-5-4-7-26(27)28)17-29(21)39-32(43)22-11-14-24(15-12-22)37-30(42)9-6-16-41(2)3;1-16-6-11-20(12-24(16)33-26(35)17-7-9-19(29)10-8-17)32-27-31-14-18(13-28)25(34-27)22-15-30-23-5-3-2-4-21(22)23;5-3-1-2-4(6)7/h4-15,17,19-20,35H,16H2,1-3H3,(H,37,42)(H,39,43)(H,36,38,40);2-12,14-15,30H,29H2,1H3,(H,33,35)(H,31,32,34);1-2H,3H2/b9-6+;;2-1+. The molecule has 4 aromatic heterocycles. The first kappa shape index (κ1) is 60.3. The van der Waals surface area contributed by atoms with Gasteiger partial charge in [-0.2, -0.15) is 10.5 Å². The van der Waals surface area contributed by atoms with Gasteiger partial charge in [0.15, 0.2) is 0 Å². The number of hydrogen-bond donors (Lipinski definition) is 8. The number of aromatic nitrogens is 6. The number of amides is 3. The van der Waals surface area contributed by atoms with E-state index in [1.54, 1.807) is 66.7 Å². The molecule has 0 saturated heterocycles. The number of hydrogen-bond acceptors (Lipinski definition) is 14. The van der Waals surface area contributed by atoms with E-state index in [0.717, 1.165) is 44.1 Å². The van der Waals surface area contributed by atoms with Crippen molar-refractivity contribution in [3.63, 3.8) is 0 Å². The molecule has 9 N–H and O–H groups in total. The van der Waals surface area contributed by atoms with Crippen LogP contribution in [0.25, 0.3) is 44.3 Å². The first-order valence-electron chi connectivity index (χ1n) is 26.1. The summed E-state index contributed by atoms with van der Waals surface area (Å²) in [6, 6.07) is 44.6. The number of anilines is 8. The summed E-state index contributed by atoms with van der Waals surface area (Å²) in [5, 5.41) is 36.5. The van der Waals surface area contributed by atoms with E-state index in [0.29, 0.717) is 91.5 Å². The third-order valence-corrected chi connectivity index (χ3v) is 13.2. The summed E-state index contributed by atoms with van der Waals surface area (Å²) in [5.41, 5.74) is 17.6. The number of carbonyl (C=O) groups is 4. The van der Waals surface area contributed by atoms with Crippen molar-refractivity contribution >= 4 is 118 Å². The Kier molecular flexibility index (Phi) is 20.4. The van der Waals surface area contributed by atoms with Crippen molar-refractivity contribution in [1.29, 1.82) is 10.5 Å². The van der Waals surface area contributed by atoms with Gasteiger partial charge in [0.1, 0.15) is 12.1 Å². The fourth-order valence-electron chi connectivity index (χ4n) is 8.34. The summed E-state index contributed by atoms with van der Waals surface area (Å²) in [5.74, 6) is -0.112. The molecule has 0 saturated carbocycles. The predicted octanol–water partition coefficient (Wildman–Crippen LogP) is 12.9. The van der Waals surface area contributed by atoms with Crippen LogP contribution in [0.4, 0.5) is 46.0 Å². The Bertz CT molecular complexity index is 4220. The second kappa shape index (κ2) is 28.8. The number of carbonyl (C=O) groups excluding carboxylic acids is 4. The average molecular weight is 1210 g/mol. The second-order valence-corrected chi connectivity index (χ2v) is 20.1. The number of nitrogen functional groups attached to an aromatic ring is 1. The lowest BCUT2D eigenvalue weighted by atomic mass is 10.1. The summed E-state index contributed by atoms with van der Waals surface area (Å²) in [7, 11) is 3.85. The Hall–Kier alpha value is -10.8. The minimum absolute atomic E-state index is 0.235. The highest BCUT2D eigenvalue weighted by atomic mass is 79.9. The molecule has 19 nitrogen and oxygen atoms in total. The molecule has 0 spiro atoms. The molecule has 0 aliphatic carbocycles. The van der Waals surface area contributed by atoms with Crippen LogP contribution in [0.1, 0.15) is 43.0 Å². The third kappa shape index (κ3) is 16.2. The van der Waals surface area contributed by atoms with E-state index in [9.17, 15) is 29.7 Å². The highest BCUT2D eigenvalue weighted by molar-refractivity contribution is 9.09. The van der Waals surface area contributed by atoms with Gasteiger partial charge >= 0.3 is 0 Å². The summed E-state index contributed by atoms with van der Waals surface area (Å²) in [6.07, 6.45) is 12.9. The van der Waals surface area contributed by atoms with Crippen molar-refractivity contribution in [2.45, 2.75) is 13.8 Å². The normalized spacial score (nSPS) is 10.8. The molecule has 424 valence electrons. The van der Waals surface area contributed by atoms with Crippen LogP contribution in [0, 0.1) is 36.5 Å². The number of rotatable bonds is 16. The van der Waals surface area contributed by atoms with Crippen LogP contribution in [0.5, 0.6) is 0 Å². The Morgan fingerprint density at radius 3 is 1.52 bits per heavy atom. The number of H-pyrrole nitrogens is 2. The molecule has 0 radical (unpaired) electrons. The predicted molar refractivity (Wildman–Crippen MR) is 340 cm³/mol. The van der Waals surface area contributed by atoms with Crippen molar-refractivity contribution < 1.29 is 19.2 Å². The number of nitrogens with two attached hydrogens (primary N) is 1. The highest BCUT2D eigenvalue weighted by Gasteiger charge is 2.18. The topological polar surface area (TPSA) is 288 Å². The fraction of sp³-hybridized carbons (Fsp3) is 0.0938. The van der Waals surface area contributed by atoms with Gasteiger partial charge in [-0.05, 0) is 142 Å². The van der Waals surface area contributed by atoms with Gasteiger partial charge in [-0.1, -0.05) is 76.6 Å². The van der Waals surface area contributed by atoms with Crippen LogP contribution in [-0.2, 0) is 9.59 Å². The van der Waals surface area contributed by atoms with Crippen LogP contribution in [0.2, 0.25) is 0 Å². The number of nitrogens with zero attached hydrogens (tertiary/aromatic N) is 7. The zero-order valence-corrected chi connectivity index (χ0v) is 48.7. The molecular weight excluding hydrogens is 1160 g/mol. The first-order chi connectivity index (χ1) is 41.1.